The second-order valence-corrected chi connectivity index (χ2v) is 8.06. The smallest absolute Gasteiger partial charge is 0.315 e. The van der Waals surface area contributed by atoms with Gasteiger partial charge >= 0.3 is 6.03 Å². The highest BCUT2D eigenvalue weighted by molar-refractivity contribution is 6.31. The highest BCUT2D eigenvalue weighted by Crippen LogP contribution is 2.25. The Kier molecular flexibility index (Phi) is 7.42. The van der Waals surface area contributed by atoms with E-state index in [9.17, 15) is 14.0 Å². The van der Waals surface area contributed by atoms with Crippen LogP contribution in [0.3, 0.4) is 0 Å². The predicted molar refractivity (Wildman–Crippen MR) is 135 cm³/mol. The van der Waals surface area contributed by atoms with Crippen LogP contribution in [0.5, 0.6) is 0 Å². The standard InChI is InChI=1S/C26H23ClFN5O2/c1-2-32(26(35)29-19-13-14-22(28)21(27)15-19)17-25(34)30-24-16-23(18-9-5-3-6-10-18)31-33(24)20-11-7-4-8-12-20/h3-16H,2,17H2,1H3,(H,29,35)(H,30,34). The molecule has 178 valence electrons. The third kappa shape index (κ3) is 5.85. The summed E-state index contributed by atoms with van der Waals surface area (Å²) in [6.45, 7) is 1.84. The number of anilines is 2. The number of hydrogen-bond acceptors (Lipinski definition) is 3. The van der Waals surface area contributed by atoms with Crippen molar-refractivity contribution in [3.8, 4) is 16.9 Å². The molecule has 0 saturated carbocycles. The molecular weight excluding hydrogens is 469 g/mol. The van der Waals surface area contributed by atoms with E-state index in [1.165, 1.54) is 17.0 Å². The Morgan fingerprint density at radius 2 is 1.66 bits per heavy atom. The van der Waals surface area contributed by atoms with Crippen molar-refractivity contribution in [3.63, 3.8) is 0 Å². The summed E-state index contributed by atoms with van der Waals surface area (Å²) in [5.74, 6) is -0.501. The van der Waals surface area contributed by atoms with E-state index < -0.39 is 17.8 Å². The van der Waals surface area contributed by atoms with Crippen LogP contribution in [0.25, 0.3) is 16.9 Å². The summed E-state index contributed by atoms with van der Waals surface area (Å²) < 4.78 is 15.0. The first kappa shape index (κ1) is 24.0. The van der Waals surface area contributed by atoms with Gasteiger partial charge in [0.15, 0.2) is 0 Å². The average molecular weight is 492 g/mol. The van der Waals surface area contributed by atoms with Gasteiger partial charge in [0.2, 0.25) is 5.91 Å². The molecule has 9 heteroatoms. The zero-order chi connectivity index (χ0) is 24.8. The van der Waals surface area contributed by atoms with Gasteiger partial charge in [0, 0.05) is 23.9 Å². The minimum atomic E-state index is -0.582. The lowest BCUT2D eigenvalue weighted by atomic mass is 10.1. The highest BCUT2D eigenvalue weighted by atomic mass is 35.5. The Bertz CT molecular complexity index is 1330. The number of urea groups is 1. The molecule has 0 fully saturated rings. The summed E-state index contributed by atoms with van der Waals surface area (Å²) in [7, 11) is 0. The summed E-state index contributed by atoms with van der Waals surface area (Å²) in [5, 5.41) is 10.1. The number of para-hydroxylation sites is 1. The summed E-state index contributed by atoms with van der Waals surface area (Å²) in [5.41, 5.74) is 2.71. The fraction of sp³-hybridized carbons (Fsp3) is 0.115. The van der Waals surface area contributed by atoms with Crippen molar-refractivity contribution >= 4 is 35.0 Å². The Morgan fingerprint density at radius 1 is 0.971 bits per heavy atom. The first-order chi connectivity index (χ1) is 16.9. The normalized spacial score (nSPS) is 10.6. The van der Waals surface area contributed by atoms with Crippen LogP contribution in [0.2, 0.25) is 5.02 Å². The lowest BCUT2D eigenvalue weighted by molar-refractivity contribution is -0.116. The number of amides is 3. The van der Waals surface area contributed by atoms with Gasteiger partial charge in [-0.25, -0.2) is 13.9 Å². The zero-order valence-corrected chi connectivity index (χ0v) is 19.7. The molecule has 0 aliphatic carbocycles. The molecule has 3 aromatic carbocycles. The van der Waals surface area contributed by atoms with Crippen LogP contribution in [0, 0.1) is 5.82 Å². The molecule has 0 bridgehead atoms. The van der Waals surface area contributed by atoms with Gasteiger partial charge in [-0.2, -0.15) is 5.10 Å². The van der Waals surface area contributed by atoms with Crippen LogP contribution in [-0.4, -0.2) is 39.7 Å². The number of likely N-dealkylation sites (N-methyl/N-ethyl adjacent to an activating group) is 1. The van der Waals surface area contributed by atoms with E-state index in [0.717, 1.165) is 17.3 Å². The molecule has 0 unspecified atom stereocenters. The zero-order valence-electron chi connectivity index (χ0n) is 18.9. The maximum Gasteiger partial charge on any atom is 0.322 e. The lowest BCUT2D eigenvalue weighted by Gasteiger charge is -2.21. The lowest BCUT2D eigenvalue weighted by Crippen LogP contribution is -2.40. The molecule has 0 aliphatic heterocycles. The SMILES string of the molecule is CCN(CC(=O)Nc1cc(-c2ccccc2)nn1-c1ccccc1)C(=O)Nc1ccc(F)c(Cl)c1. The number of carbonyl (C=O) groups excluding carboxylic acids is 2. The maximum absolute atomic E-state index is 13.4. The third-order valence-corrected chi connectivity index (χ3v) is 5.51. The van der Waals surface area contributed by atoms with Crippen molar-refractivity contribution in [1.82, 2.24) is 14.7 Å². The second-order valence-electron chi connectivity index (χ2n) is 7.65. The van der Waals surface area contributed by atoms with E-state index >= 15 is 0 Å². The molecule has 0 spiro atoms. The number of aromatic nitrogens is 2. The van der Waals surface area contributed by atoms with Gasteiger partial charge in [-0.05, 0) is 37.3 Å². The van der Waals surface area contributed by atoms with Crippen LogP contribution in [0.1, 0.15) is 6.92 Å². The Morgan fingerprint density at radius 3 is 2.31 bits per heavy atom. The maximum atomic E-state index is 13.4. The largest absolute Gasteiger partial charge is 0.322 e. The average Bonchev–Trinajstić information content (AvgIpc) is 3.29. The molecule has 0 radical (unpaired) electrons. The monoisotopic (exact) mass is 491 g/mol. The van der Waals surface area contributed by atoms with Gasteiger partial charge in [0.25, 0.3) is 0 Å². The number of carbonyl (C=O) groups is 2. The molecule has 0 aliphatic rings. The fourth-order valence-corrected chi connectivity index (χ4v) is 3.63. The first-order valence-electron chi connectivity index (χ1n) is 11.0. The molecule has 0 atom stereocenters. The molecule has 35 heavy (non-hydrogen) atoms. The van der Waals surface area contributed by atoms with Crippen molar-refractivity contribution < 1.29 is 14.0 Å². The van der Waals surface area contributed by atoms with Crippen molar-refractivity contribution in [1.29, 1.82) is 0 Å². The summed E-state index contributed by atoms with van der Waals surface area (Å²) in [4.78, 5) is 26.9. The third-order valence-electron chi connectivity index (χ3n) is 5.22. The molecule has 1 aromatic heterocycles. The van der Waals surface area contributed by atoms with Crippen molar-refractivity contribution in [3.05, 3.63) is 95.8 Å². The van der Waals surface area contributed by atoms with E-state index in [0.29, 0.717) is 17.2 Å². The van der Waals surface area contributed by atoms with Gasteiger partial charge in [-0.1, -0.05) is 60.1 Å². The summed E-state index contributed by atoms with van der Waals surface area (Å²) in [6, 6.07) is 24.2. The van der Waals surface area contributed by atoms with Gasteiger partial charge in [0.1, 0.15) is 18.2 Å². The molecule has 3 amide bonds. The molecule has 0 saturated heterocycles. The Labute approximate surface area is 207 Å². The van der Waals surface area contributed by atoms with E-state index in [-0.39, 0.29) is 18.1 Å². The minimum Gasteiger partial charge on any atom is -0.315 e. The summed E-state index contributed by atoms with van der Waals surface area (Å²) in [6.07, 6.45) is 0. The molecule has 7 nitrogen and oxygen atoms in total. The van der Waals surface area contributed by atoms with Crippen molar-refractivity contribution in [2.75, 3.05) is 23.7 Å². The van der Waals surface area contributed by atoms with Crippen molar-refractivity contribution in [2.24, 2.45) is 0 Å². The number of benzene rings is 3. The van der Waals surface area contributed by atoms with Gasteiger partial charge < -0.3 is 15.5 Å². The van der Waals surface area contributed by atoms with E-state index in [2.05, 4.69) is 15.7 Å². The number of nitrogens with zero attached hydrogens (tertiary/aromatic N) is 3. The number of halogens is 2. The quantitative estimate of drug-likeness (QED) is 0.341. The van der Waals surface area contributed by atoms with E-state index in [4.69, 9.17) is 11.6 Å². The van der Waals surface area contributed by atoms with Crippen molar-refractivity contribution in [2.45, 2.75) is 6.92 Å². The topological polar surface area (TPSA) is 79.3 Å². The van der Waals surface area contributed by atoms with Gasteiger partial charge in [-0.15, -0.1) is 0 Å². The van der Waals surface area contributed by atoms with Crippen LogP contribution < -0.4 is 10.6 Å². The van der Waals surface area contributed by atoms with E-state index in [1.54, 1.807) is 17.7 Å². The molecule has 4 rings (SSSR count). The van der Waals surface area contributed by atoms with Crippen LogP contribution in [0.15, 0.2) is 84.9 Å². The number of hydrogen-bond donors (Lipinski definition) is 2. The Balaban J connectivity index is 1.51. The van der Waals surface area contributed by atoms with E-state index in [1.807, 2.05) is 60.7 Å². The van der Waals surface area contributed by atoms with Gasteiger partial charge in [0.05, 0.1) is 16.4 Å². The fourth-order valence-electron chi connectivity index (χ4n) is 3.45. The molecular formula is C26H23ClFN5O2. The predicted octanol–water partition coefficient (Wildman–Crippen LogP) is 5.82. The molecule has 4 aromatic rings. The van der Waals surface area contributed by atoms with Crippen LogP contribution in [0.4, 0.5) is 20.7 Å². The van der Waals surface area contributed by atoms with Crippen LogP contribution >= 0.6 is 11.6 Å². The Hall–Kier alpha value is -4.17. The first-order valence-corrected chi connectivity index (χ1v) is 11.3. The number of rotatable bonds is 7. The van der Waals surface area contributed by atoms with Crippen LogP contribution in [-0.2, 0) is 4.79 Å². The molecule has 2 N–H and O–H groups in total. The number of nitrogens with one attached hydrogen (secondary N) is 2. The highest BCUT2D eigenvalue weighted by Gasteiger charge is 2.19. The molecule has 1 heterocycles. The minimum absolute atomic E-state index is 0.105. The summed E-state index contributed by atoms with van der Waals surface area (Å²) >= 11 is 5.78. The van der Waals surface area contributed by atoms with Gasteiger partial charge in [-0.3, -0.25) is 4.79 Å². The second kappa shape index (κ2) is 10.8.